The Morgan fingerprint density at radius 2 is 1.14 bits per heavy atom. The standard InChI is InChI=1S/C44H52N2O29.12C2H4/c1-22-37(52)26(15-32(63-22)64-28-18-44(58,29(49)19-47)17-25-34(28)41(56)36-35(39(25)54)38(53)24-10-8-11-27(59-3)33(24)40(36)55)45-42(57)61-20-43(2,21-62-66-68-70-72-74-75-73-71-69-67-65-60-4)16-23(48)9-6-5-7-14-46-30(50)12-13-31(46)51;12*1-2/h8,10-13,22,26,28,32,37,47,52,54,56,58H,5-7,9,14-21H2,1-4H3,(H,45,57);12*1-2H2/t22-,26-,28-,32-,37+,43?,44-;;;;;;;;;;;;/m1............/s1. The van der Waals surface area contributed by atoms with Crippen molar-refractivity contribution in [2.45, 2.75) is 101 Å². The lowest BCUT2D eigenvalue weighted by molar-refractivity contribution is -0.869. The highest BCUT2D eigenvalue weighted by molar-refractivity contribution is 6.31. The number of carbonyl (C=O) groups is 7. The van der Waals surface area contributed by atoms with E-state index >= 15 is 0 Å². The maximum Gasteiger partial charge on any atom is 0.407 e. The molecule has 31 nitrogen and oxygen atoms in total. The number of methoxy groups -OCH3 is 1. The number of ketones is 4. The average Bonchev–Trinajstić information content (AvgIpc) is 0.956. The Kier molecular flexibility index (Phi) is 66.3. The summed E-state index contributed by atoms with van der Waals surface area (Å²) < 4.78 is 23.0. The molecule has 0 aromatic heterocycles. The third-order valence-corrected chi connectivity index (χ3v) is 12.3. The number of amides is 3. The van der Waals surface area contributed by atoms with Gasteiger partial charge in [0.1, 0.15) is 48.0 Å². The van der Waals surface area contributed by atoms with Crippen molar-refractivity contribution >= 4 is 41.0 Å². The highest BCUT2D eigenvalue weighted by Gasteiger charge is 2.50. The normalized spacial score (nSPS) is 17.8. The third-order valence-electron chi connectivity index (χ3n) is 12.3. The minimum absolute atomic E-state index is 0.000841. The van der Waals surface area contributed by atoms with Gasteiger partial charge in [-0.15, -0.1) is 158 Å². The summed E-state index contributed by atoms with van der Waals surface area (Å²) in [7, 11) is 2.34. The molecular formula is C68H100N2O29. The number of alkyl carbamates (subject to hydrolysis) is 1. The molecule has 2 aromatic carbocycles. The van der Waals surface area contributed by atoms with Crippen LogP contribution in [0.1, 0.15) is 108 Å². The second-order valence-corrected chi connectivity index (χ2v) is 17.5. The van der Waals surface area contributed by atoms with Gasteiger partial charge < -0.3 is 49.8 Å². The predicted octanol–water partition coefficient (Wildman–Crippen LogP) is 10.7. The lowest BCUT2D eigenvalue weighted by atomic mass is 9.72. The molecule has 2 aromatic rings. The predicted molar refractivity (Wildman–Crippen MR) is 364 cm³/mol. The van der Waals surface area contributed by atoms with Gasteiger partial charge in [0.05, 0.1) is 55.8 Å². The number of benzene rings is 2. The maximum absolute atomic E-state index is 14.1. The smallest absolute Gasteiger partial charge is 0.407 e. The first-order valence-corrected chi connectivity index (χ1v) is 28.6. The van der Waals surface area contributed by atoms with Gasteiger partial charge in [0, 0.05) is 72.9 Å². The van der Waals surface area contributed by atoms with Crippen molar-refractivity contribution in [1.29, 1.82) is 0 Å². The van der Waals surface area contributed by atoms with E-state index in [0.29, 0.717) is 19.3 Å². The van der Waals surface area contributed by atoms with E-state index in [-0.39, 0.29) is 59.6 Å². The van der Waals surface area contributed by atoms with Crippen molar-refractivity contribution in [2.75, 3.05) is 40.6 Å². The molecule has 6 N–H and O–H groups in total. The number of hydrogen-bond acceptors (Lipinski definition) is 29. The van der Waals surface area contributed by atoms with Crippen molar-refractivity contribution in [3.8, 4) is 17.2 Å². The summed E-state index contributed by atoms with van der Waals surface area (Å²) >= 11 is 0. The first kappa shape index (κ1) is 103. The Morgan fingerprint density at radius 3 is 1.63 bits per heavy atom. The fourth-order valence-corrected chi connectivity index (χ4v) is 8.74. The minimum atomic E-state index is -2.46. The number of fused-ring (bicyclic) bond motifs is 3. The molecule has 0 bridgehead atoms. The summed E-state index contributed by atoms with van der Waals surface area (Å²) in [6.07, 6.45) is -5.20. The van der Waals surface area contributed by atoms with Crippen LogP contribution in [-0.4, -0.2) is 142 Å². The van der Waals surface area contributed by atoms with E-state index in [1.165, 1.54) is 39.2 Å². The zero-order valence-corrected chi connectivity index (χ0v) is 57.2. The molecule has 4 aliphatic rings. The van der Waals surface area contributed by atoms with Crippen LogP contribution in [0.25, 0.3) is 0 Å². The number of rotatable bonds is 30. The number of aliphatic hydroxyl groups is 3. The fourth-order valence-electron chi connectivity index (χ4n) is 8.74. The number of nitrogens with one attached hydrogen (secondary N) is 1. The molecule has 7 atom stereocenters. The van der Waals surface area contributed by atoms with Gasteiger partial charge >= 0.3 is 6.09 Å². The van der Waals surface area contributed by atoms with Crippen molar-refractivity contribution in [3.63, 3.8) is 0 Å². The number of carbonyl (C=O) groups excluding carboxylic acids is 7. The summed E-state index contributed by atoms with van der Waals surface area (Å²) in [5.41, 5.74) is -6.03. The van der Waals surface area contributed by atoms with Crippen LogP contribution in [-0.2, 0) is 105 Å². The number of ether oxygens (including phenoxy) is 4. The Bertz CT molecular complexity index is 2620. The lowest BCUT2D eigenvalue weighted by Gasteiger charge is -2.42. The third kappa shape index (κ3) is 33.8. The van der Waals surface area contributed by atoms with Crippen LogP contribution in [0.5, 0.6) is 17.2 Å². The van der Waals surface area contributed by atoms with Gasteiger partial charge in [0.25, 0.3) is 11.8 Å². The van der Waals surface area contributed by atoms with E-state index in [9.17, 15) is 59.1 Å². The molecule has 0 saturated carbocycles. The quantitative estimate of drug-likeness (QED) is 0.00901. The largest absolute Gasteiger partial charge is 0.507 e. The number of Topliss-reactive ketones (excluding diaryl/α,β-unsaturated/α-hetero) is 2. The number of phenolic OH excluding ortho intramolecular Hbond substituents is 2. The summed E-state index contributed by atoms with van der Waals surface area (Å²) in [6.45, 7) is 72.8. The molecule has 2 heterocycles. The van der Waals surface area contributed by atoms with Gasteiger partial charge in [-0.3, -0.25) is 33.7 Å². The topological polar surface area (TPSA) is 393 Å². The van der Waals surface area contributed by atoms with Gasteiger partial charge in [-0.2, -0.15) is 0 Å². The van der Waals surface area contributed by atoms with E-state index in [0.717, 1.165) is 24.2 Å². The summed E-state index contributed by atoms with van der Waals surface area (Å²) in [5.74, 6) is -5.74. The van der Waals surface area contributed by atoms with Crippen LogP contribution in [0.2, 0.25) is 0 Å². The van der Waals surface area contributed by atoms with Crippen LogP contribution in [0.3, 0.4) is 0 Å². The van der Waals surface area contributed by atoms with Crippen LogP contribution < -0.4 is 10.1 Å². The van der Waals surface area contributed by atoms with Crippen LogP contribution >= 0.6 is 0 Å². The lowest BCUT2D eigenvalue weighted by Crippen LogP contribution is -2.56. The zero-order chi connectivity index (χ0) is 78.5. The number of phenols is 2. The van der Waals surface area contributed by atoms with Crippen molar-refractivity contribution in [2.24, 2.45) is 5.41 Å². The molecule has 31 heteroatoms. The molecular weight excluding hydrogens is 1310 g/mol. The Morgan fingerprint density at radius 1 is 0.657 bits per heavy atom. The number of aromatic hydroxyl groups is 2. The van der Waals surface area contributed by atoms with E-state index in [1.54, 1.807) is 0 Å². The maximum atomic E-state index is 14.1. The first-order valence-electron chi connectivity index (χ1n) is 28.6. The van der Waals surface area contributed by atoms with Crippen LogP contribution in [0.15, 0.2) is 188 Å². The molecule has 3 amide bonds. The SMILES string of the molecule is C=C.C=C.C=C.C=C.C=C.C=C.C=C.C=C.C=C.C=C.C=C.C=C.COOOOOOOOOOOOOCC(C)(COC(=O)N[C@@H]1C[C@@H](O[C@@H]2C[C@@](O)(C(=O)CO)Cc3c(O)c4c(c(O)c32)C(=O)c2c(OC)cccc2C4=O)O[C@H](C)[C@@H]1O)CC(=O)CCCCCN1C(=O)C=CC1=O. The van der Waals surface area contributed by atoms with E-state index in [1.807, 2.05) is 0 Å². The second-order valence-electron chi connectivity index (χ2n) is 17.5. The van der Waals surface area contributed by atoms with Crippen LogP contribution in [0, 0.1) is 5.41 Å². The molecule has 2 aliphatic carbocycles. The first-order chi connectivity index (χ1) is 47.9. The van der Waals surface area contributed by atoms with Crippen molar-refractivity contribution in [3.05, 3.63) is 222 Å². The van der Waals surface area contributed by atoms with Gasteiger partial charge in [0.2, 0.25) is 5.78 Å². The highest BCUT2D eigenvalue weighted by Crippen LogP contribution is 2.52. The highest BCUT2D eigenvalue weighted by atomic mass is 18.0. The number of nitrogens with zero attached hydrogens (tertiary/aromatic N) is 1. The number of hydrogen-bond donors (Lipinski definition) is 6. The van der Waals surface area contributed by atoms with E-state index in [4.69, 9.17) is 23.8 Å². The number of aliphatic hydroxyl groups excluding tert-OH is 2. The molecule has 0 spiro atoms. The molecule has 99 heavy (non-hydrogen) atoms. The average molecular weight is 1410 g/mol. The van der Waals surface area contributed by atoms with Gasteiger partial charge in [-0.1, -0.05) is 25.5 Å². The van der Waals surface area contributed by atoms with Gasteiger partial charge in [0.15, 0.2) is 17.9 Å². The summed E-state index contributed by atoms with van der Waals surface area (Å²) in [4.78, 5) is 101. The zero-order valence-electron chi connectivity index (χ0n) is 57.2. The Hall–Kier alpha value is -9.17. The van der Waals surface area contributed by atoms with Gasteiger partial charge in [-0.25, -0.2) is 14.6 Å². The number of unbranched alkanes of at least 4 members (excludes halogenated alkanes) is 2. The monoisotopic (exact) mass is 1410 g/mol. The molecule has 1 unspecified atom stereocenters. The van der Waals surface area contributed by atoms with Crippen molar-refractivity contribution < 1.29 is 143 Å². The Balaban J connectivity index is -0.000000636. The van der Waals surface area contributed by atoms with Crippen molar-refractivity contribution in [1.82, 2.24) is 10.2 Å². The number of imide groups is 1. The fraction of sp³-hybridized carbons (Fsp3) is 0.338. The molecule has 0 radical (unpaired) electrons. The molecule has 2 aliphatic heterocycles. The second kappa shape index (κ2) is 63.6. The van der Waals surface area contributed by atoms with E-state index < -0.39 is 132 Å². The summed E-state index contributed by atoms with van der Waals surface area (Å²) in [5, 5.41) is 101. The molecule has 1 fully saturated rings. The van der Waals surface area contributed by atoms with Gasteiger partial charge in [-0.05, 0) is 81.3 Å². The Labute approximate surface area is 579 Å². The molecule has 1 saturated heterocycles. The summed E-state index contributed by atoms with van der Waals surface area (Å²) in [6, 6.07) is 2.95. The minimum Gasteiger partial charge on any atom is -0.507 e. The van der Waals surface area contributed by atoms with E-state index in [2.05, 4.69) is 224 Å². The molecule has 6 rings (SSSR count). The molecule has 556 valence electrons. The van der Waals surface area contributed by atoms with Crippen LogP contribution in [0.4, 0.5) is 4.79 Å².